The topological polar surface area (TPSA) is 101 Å². The van der Waals surface area contributed by atoms with E-state index in [1.54, 1.807) is 30.9 Å². The third-order valence-corrected chi connectivity index (χ3v) is 7.17. The third kappa shape index (κ3) is 4.15. The molecule has 8 nitrogen and oxygen atoms in total. The van der Waals surface area contributed by atoms with Crippen LogP contribution in [0.2, 0.25) is 0 Å². The van der Waals surface area contributed by atoms with E-state index < -0.39 is 14.9 Å². The smallest absolute Gasteiger partial charge is 0.272 e. The third-order valence-electron chi connectivity index (χ3n) is 5.13. The van der Waals surface area contributed by atoms with Gasteiger partial charge in [0.2, 0.25) is 10.0 Å². The summed E-state index contributed by atoms with van der Waals surface area (Å²) in [6.45, 7) is 6.13. The van der Waals surface area contributed by atoms with Crippen LogP contribution in [0.3, 0.4) is 0 Å². The number of nitro benzene ring substituents is 1. The van der Waals surface area contributed by atoms with Gasteiger partial charge in [0.1, 0.15) is 0 Å². The molecule has 0 N–H and O–H groups in total. The molecule has 0 spiro atoms. The Kier molecular flexibility index (Phi) is 5.72. The van der Waals surface area contributed by atoms with Crippen LogP contribution < -0.4 is 0 Å². The second-order valence-electron chi connectivity index (χ2n) is 7.22. The van der Waals surface area contributed by atoms with Crippen LogP contribution in [-0.2, 0) is 10.0 Å². The number of hydrogen-bond acceptors (Lipinski definition) is 5. The van der Waals surface area contributed by atoms with Gasteiger partial charge in [-0.15, -0.1) is 0 Å². The number of nitrogens with zero attached hydrogens (tertiary/aromatic N) is 3. The average molecular weight is 417 g/mol. The molecule has 154 valence electrons. The summed E-state index contributed by atoms with van der Waals surface area (Å²) in [5.74, 6) is -0.258. The Bertz CT molecular complexity index is 1070. The first-order valence-corrected chi connectivity index (χ1v) is 10.7. The van der Waals surface area contributed by atoms with Gasteiger partial charge in [-0.2, -0.15) is 4.31 Å². The van der Waals surface area contributed by atoms with E-state index in [1.165, 1.54) is 22.5 Å². The van der Waals surface area contributed by atoms with Gasteiger partial charge in [0.05, 0.1) is 9.82 Å². The fourth-order valence-electron chi connectivity index (χ4n) is 3.43. The number of benzene rings is 2. The molecule has 0 aromatic heterocycles. The first-order chi connectivity index (χ1) is 13.6. The second kappa shape index (κ2) is 7.92. The molecule has 2 aromatic rings. The largest absolute Gasteiger partial charge is 0.336 e. The van der Waals surface area contributed by atoms with E-state index in [0.717, 1.165) is 5.56 Å². The molecule has 1 aliphatic heterocycles. The molecule has 1 saturated heterocycles. The molecule has 0 radical (unpaired) electrons. The van der Waals surface area contributed by atoms with Crippen LogP contribution in [0.25, 0.3) is 0 Å². The fourth-order valence-corrected chi connectivity index (χ4v) is 5.16. The molecule has 0 saturated carbocycles. The normalized spacial score (nSPS) is 15.3. The van der Waals surface area contributed by atoms with Gasteiger partial charge >= 0.3 is 0 Å². The maximum absolute atomic E-state index is 13.0. The van der Waals surface area contributed by atoms with E-state index in [9.17, 15) is 23.3 Å². The van der Waals surface area contributed by atoms with Gasteiger partial charge < -0.3 is 4.90 Å². The molecule has 2 aromatic carbocycles. The van der Waals surface area contributed by atoms with E-state index in [-0.39, 0.29) is 37.8 Å². The first-order valence-electron chi connectivity index (χ1n) is 9.23. The second-order valence-corrected chi connectivity index (χ2v) is 9.13. The van der Waals surface area contributed by atoms with Crippen molar-refractivity contribution >= 4 is 21.6 Å². The minimum Gasteiger partial charge on any atom is -0.336 e. The number of rotatable bonds is 4. The van der Waals surface area contributed by atoms with Crippen molar-refractivity contribution in [3.05, 3.63) is 68.8 Å². The quantitative estimate of drug-likeness (QED) is 0.562. The fraction of sp³-hybridized carbons (Fsp3) is 0.350. The molecule has 3 rings (SSSR count). The lowest BCUT2D eigenvalue weighted by Crippen LogP contribution is -2.50. The van der Waals surface area contributed by atoms with Gasteiger partial charge in [-0.05, 0) is 50.1 Å². The van der Waals surface area contributed by atoms with Crippen LogP contribution in [0, 0.1) is 30.9 Å². The van der Waals surface area contributed by atoms with E-state index in [2.05, 4.69) is 0 Å². The predicted octanol–water partition coefficient (Wildman–Crippen LogP) is 2.67. The predicted molar refractivity (Wildman–Crippen MR) is 108 cm³/mol. The van der Waals surface area contributed by atoms with Crippen molar-refractivity contribution in [1.82, 2.24) is 9.21 Å². The zero-order chi connectivity index (χ0) is 21.3. The Labute approximate surface area is 169 Å². The highest BCUT2D eigenvalue weighted by Gasteiger charge is 2.31. The maximum atomic E-state index is 13.0. The summed E-state index contributed by atoms with van der Waals surface area (Å²) in [5, 5.41) is 10.9. The van der Waals surface area contributed by atoms with Crippen molar-refractivity contribution in [2.45, 2.75) is 25.7 Å². The zero-order valence-corrected chi connectivity index (χ0v) is 17.4. The first kappa shape index (κ1) is 20.9. The van der Waals surface area contributed by atoms with Crippen molar-refractivity contribution in [3.63, 3.8) is 0 Å². The summed E-state index contributed by atoms with van der Waals surface area (Å²) < 4.78 is 27.4. The number of aryl methyl sites for hydroxylation is 3. The Morgan fingerprint density at radius 2 is 1.62 bits per heavy atom. The lowest BCUT2D eigenvalue weighted by molar-refractivity contribution is -0.385. The van der Waals surface area contributed by atoms with Crippen LogP contribution in [0.15, 0.2) is 41.3 Å². The monoisotopic (exact) mass is 417 g/mol. The van der Waals surface area contributed by atoms with Gasteiger partial charge in [0.25, 0.3) is 11.6 Å². The van der Waals surface area contributed by atoms with Crippen LogP contribution in [0.4, 0.5) is 5.69 Å². The highest BCUT2D eigenvalue weighted by atomic mass is 32.2. The van der Waals surface area contributed by atoms with Crippen molar-refractivity contribution in [1.29, 1.82) is 0 Å². The van der Waals surface area contributed by atoms with E-state index >= 15 is 0 Å². The van der Waals surface area contributed by atoms with E-state index in [4.69, 9.17) is 0 Å². The van der Waals surface area contributed by atoms with Gasteiger partial charge in [0, 0.05) is 43.4 Å². The van der Waals surface area contributed by atoms with Crippen molar-refractivity contribution < 1.29 is 18.1 Å². The molecule has 0 bridgehead atoms. The number of carbonyl (C=O) groups excluding carboxylic acids is 1. The van der Waals surface area contributed by atoms with Crippen LogP contribution in [-0.4, -0.2) is 54.6 Å². The van der Waals surface area contributed by atoms with Gasteiger partial charge in [-0.1, -0.05) is 12.1 Å². The summed E-state index contributed by atoms with van der Waals surface area (Å²) in [6.07, 6.45) is 0. The summed E-state index contributed by atoms with van der Waals surface area (Å²) >= 11 is 0. The van der Waals surface area contributed by atoms with Crippen molar-refractivity contribution in [3.8, 4) is 0 Å². The lowest BCUT2D eigenvalue weighted by atomic mass is 10.1. The maximum Gasteiger partial charge on any atom is 0.272 e. The highest BCUT2D eigenvalue weighted by molar-refractivity contribution is 7.89. The molecule has 0 unspecified atom stereocenters. The van der Waals surface area contributed by atoms with E-state index in [1.807, 2.05) is 13.0 Å². The minimum atomic E-state index is -3.63. The lowest BCUT2D eigenvalue weighted by Gasteiger charge is -2.34. The van der Waals surface area contributed by atoms with Gasteiger partial charge in [0.15, 0.2) is 0 Å². The number of piperazine rings is 1. The van der Waals surface area contributed by atoms with E-state index in [0.29, 0.717) is 21.6 Å². The van der Waals surface area contributed by atoms with Crippen molar-refractivity contribution in [2.24, 2.45) is 0 Å². The van der Waals surface area contributed by atoms with Crippen LogP contribution in [0.5, 0.6) is 0 Å². The van der Waals surface area contributed by atoms with Crippen LogP contribution in [0.1, 0.15) is 27.0 Å². The van der Waals surface area contributed by atoms with Gasteiger partial charge in [-0.25, -0.2) is 8.42 Å². The Morgan fingerprint density at radius 1 is 0.966 bits per heavy atom. The number of nitro groups is 1. The molecule has 9 heteroatoms. The molecule has 1 amide bonds. The minimum absolute atomic E-state index is 0.0361. The number of amides is 1. The summed E-state index contributed by atoms with van der Waals surface area (Å²) in [6, 6.07) is 9.59. The molecule has 1 fully saturated rings. The molecular weight excluding hydrogens is 394 g/mol. The highest BCUT2D eigenvalue weighted by Crippen LogP contribution is 2.24. The molecule has 29 heavy (non-hydrogen) atoms. The Balaban J connectivity index is 1.73. The SMILES string of the molecule is Cc1ccc(C)c(S(=O)(=O)N2CCN(C(=O)c3ccc([N+](=O)[O-])c(C)c3)CC2)c1. The van der Waals surface area contributed by atoms with Crippen LogP contribution >= 0.6 is 0 Å². The van der Waals surface area contributed by atoms with Gasteiger partial charge in [-0.3, -0.25) is 14.9 Å². The standard InChI is InChI=1S/C20H23N3O5S/c1-14-4-5-15(2)19(12-14)29(27,28)22-10-8-21(9-11-22)20(24)17-6-7-18(23(25)26)16(3)13-17/h4-7,12-13H,8-11H2,1-3H3. The average Bonchev–Trinajstić information content (AvgIpc) is 2.69. The number of sulfonamides is 1. The molecule has 0 aliphatic carbocycles. The Morgan fingerprint density at radius 3 is 2.21 bits per heavy atom. The molecular formula is C20H23N3O5S. The van der Waals surface area contributed by atoms with Crippen molar-refractivity contribution in [2.75, 3.05) is 26.2 Å². The summed E-state index contributed by atoms with van der Waals surface area (Å²) in [5.41, 5.74) is 2.30. The molecule has 1 heterocycles. The summed E-state index contributed by atoms with van der Waals surface area (Å²) in [7, 11) is -3.63. The molecule has 1 aliphatic rings. The number of hydrogen-bond donors (Lipinski definition) is 0. The summed E-state index contributed by atoms with van der Waals surface area (Å²) in [4.78, 5) is 25.1. The zero-order valence-electron chi connectivity index (χ0n) is 16.6. The Hall–Kier alpha value is -2.78. The molecule has 0 atom stereocenters. The number of carbonyl (C=O) groups is 1.